The summed E-state index contributed by atoms with van der Waals surface area (Å²) in [5.41, 5.74) is 1.37. The summed E-state index contributed by atoms with van der Waals surface area (Å²) in [6.07, 6.45) is 0.787. The number of ether oxygens (including phenoxy) is 1. The first-order valence-electron chi connectivity index (χ1n) is 10.8. The number of benzene rings is 1. The summed E-state index contributed by atoms with van der Waals surface area (Å²) in [5, 5.41) is 15.0. The Morgan fingerprint density at radius 3 is 2.79 bits per heavy atom. The highest BCUT2D eigenvalue weighted by Crippen LogP contribution is 2.43. The number of para-hydroxylation sites is 1. The maximum atomic E-state index is 13.4. The fourth-order valence-corrected chi connectivity index (χ4v) is 5.07. The van der Waals surface area contributed by atoms with Crippen molar-refractivity contribution in [2.24, 2.45) is 5.92 Å². The van der Waals surface area contributed by atoms with Gasteiger partial charge in [-0.2, -0.15) is 0 Å². The molecule has 0 bridgehead atoms. The molecule has 2 aliphatic rings. The van der Waals surface area contributed by atoms with E-state index < -0.39 is 48.5 Å². The summed E-state index contributed by atoms with van der Waals surface area (Å²) in [5.74, 6) is -2.73. The van der Waals surface area contributed by atoms with Crippen LogP contribution in [0, 0.1) is 5.92 Å². The number of carboxylic acids is 1. The molecular formula is C22H28FN3O6S. The molecule has 2 aliphatic heterocycles. The number of rotatable bonds is 10. The van der Waals surface area contributed by atoms with Crippen LogP contribution >= 0.6 is 11.8 Å². The van der Waals surface area contributed by atoms with Gasteiger partial charge in [-0.1, -0.05) is 32.4 Å². The van der Waals surface area contributed by atoms with Gasteiger partial charge >= 0.3 is 5.97 Å². The minimum atomic E-state index is -1.11. The van der Waals surface area contributed by atoms with E-state index in [0.29, 0.717) is 12.1 Å². The van der Waals surface area contributed by atoms with Crippen LogP contribution in [-0.2, 0) is 30.3 Å². The zero-order valence-electron chi connectivity index (χ0n) is 18.5. The molecule has 33 heavy (non-hydrogen) atoms. The van der Waals surface area contributed by atoms with Gasteiger partial charge in [0.1, 0.15) is 31.4 Å². The third kappa shape index (κ3) is 5.47. The van der Waals surface area contributed by atoms with Crippen LogP contribution in [0.1, 0.15) is 25.8 Å². The number of halogens is 1. The zero-order chi connectivity index (χ0) is 24.1. The number of carbonyl (C=O) groups is 4. The molecule has 11 heteroatoms. The van der Waals surface area contributed by atoms with E-state index in [1.54, 1.807) is 13.0 Å². The Morgan fingerprint density at radius 1 is 1.36 bits per heavy atom. The van der Waals surface area contributed by atoms with E-state index in [2.05, 4.69) is 10.6 Å². The molecule has 0 aromatic heterocycles. The molecule has 1 aromatic carbocycles. The standard InChI is InChI=1S/C22H28FN3O6S/c1-3-12(2)18(25-17(27)10-32-8-7-23)20(28)24-14-11-33-16-6-4-5-13-9-15(22(30)31)26(19(13)16)21(14)29/h4-6,12,14-15,18H,3,7-11H2,1-2H3,(H,24,28)(H,25,27)(H,30,31)/t12-,14-,15-,18-/m0/s1. The highest BCUT2D eigenvalue weighted by atomic mass is 32.2. The van der Waals surface area contributed by atoms with E-state index in [-0.39, 0.29) is 31.3 Å². The lowest BCUT2D eigenvalue weighted by atomic mass is 9.98. The number of hydrogen-bond donors (Lipinski definition) is 3. The first-order valence-corrected chi connectivity index (χ1v) is 11.8. The molecular weight excluding hydrogens is 453 g/mol. The van der Waals surface area contributed by atoms with Crippen LogP contribution < -0.4 is 15.5 Å². The molecule has 0 radical (unpaired) electrons. The van der Waals surface area contributed by atoms with Crippen LogP contribution in [-0.4, -0.2) is 72.6 Å². The van der Waals surface area contributed by atoms with Crippen molar-refractivity contribution in [1.29, 1.82) is 0 Å². The molecule has 0 fully saturated rings. The van der Waals surface area contributed by atoms with E-state index in [1.807, 2.05) is 19.1 Å². The van der Waals surface area contributed by atoms with Crippen molar-refractivity contribution in [1.82, 2.24) is 10.6 Å². The second kappa shape index (κ2) is 11.0. The van der Waals surface area contributed by atoms with Gasteiger partial charge in [-0.05, 0) is 17.5 Å². The monoisotopic (exact) mass is 481 g/mol. The number of aliphatic carboxylic acids is 1. The van der Waals surface area contributed by atoms with Gasteiger partial charge in [0.05, 0.1) is 12.3 Å². The molecule has 180 valence electrons. The summed E-state index contributed by atoms with van der Waals surface area (Å²) in [7, 11) is 0. The van der Waals surface area contributed by atoms with Crippen LogP contribution in [0.2, 0.25) is 0 Å². The molecule has 0 saturated carbocycles. The highest BCUT2D eigenvalue weighted by Gasteiger charge is 2.44. The van der Waals surface area contributed by atoms with Gasteiger partial charge in [0.25, 0.3) is 5.91 Å². The fraction of sp³-hybridized carbons (Fsp3) is 0.545. The van der Waals surface area contributed by atoms with E-state index in [1.165, 1.54) is 16.7 Å². The number of nitrogens with one attached hydrogen (secondary N) is 2. The molecule has 3 N–H and O–H groups in total. The molecule has 3 amide bonds. The minimum absolute atomic E-state index is 0.204. The van der Waals surface area contributed by atoms with E-state index in [0.717, 1.165) is 10.5 Å². The molecule has 2 heterocycles. The maximum absolute atomic E-state index is 13.4. The first-order chi connectivity index (χ1) is 15.8. The Bertz CT molecular complexity index is 929. The number of carboxylic acid groups (broad SMARTS) is 1. The van der Waals surface area contributed by atoms with Gasteiger partial charge in [-0.3, -0.25) is 19.3 Å². The number of alkyl halides is 1. The van der Waals surface area contributed by atoms with Crippen molar-refractivity contribution in [2.45, 2.75) is 49.7 Å². The van der Waals surface area contributed by atoms with Crippen LogP contribution in [0.25, 0.3) is 0 Å². The summed E-state index contributed by atoms with van der Waals surface area (Å²) in [4.78, 5) is 52.6. The topological polar surface area (TPSA) is 125 Å². The largest absolute Gasteiger partial charge is 0.480 e. The normalized spacial score (nSPS) is 21.1. The Balaban J connectivity index is 1.77. The van der Waals surface area contributed by atoms with Gasteiger partial charge in [0.2, 0.25) is 11.8 Å². The summed E-state index contributed by atoms with van der Waals surface area (Å²) in [6.45, 7) is 2.34. The summed E-state index contributed by atoms with van der Waals surface area (Å²) < 4.78 is 17.1. The minimum Gasteiger partial charge on any atom is -0.480 e. The van der Waals surface area contributed by atoms with Crippen LogP contribution in [0.3, 0.4) is 0 Å². The Hall–Kier alpha value is -2.66. The molecule has 0 unspecified atom stereocenters. The predicted molar refractivity (Wildman–Crippen MR) is 120 cm³/mol. The number of thioether (sulfide) groups is 1. The Labute approximate surface area is 195 Å². The Morgan fingerprint density at radius 2 is 2.12 bits per heavy atom. The lowest BCUT2D eigenvalue weighted by molar-refractivity contribution is -0.140. The third-order valence-corrected chi connectivity index (χ3v) is 7.00. The smallest absolute Gasteiger partial charge is 0.327 e. The predicted octanol–water partition coefficient (Wildman–Crippen LogP) is 1.14. The van der Waals surface area contributed by atoms with Crippen molar-refractivity contribution in [3.63, 3.8) is 0 Å². The van der Waals surface area contributed by atoms with Crippen molar-refractivity contribution >= 4 is 41.1 Å². The molecule has 3 rings (SSSR count). The van der Waals surface area contributed by atoms with Crippen LogP contribution in [0.5, 0.6) is 0 Å². The van der Waals surface area contributed by atoms with Gasteiger partial charge < -0.3 is 20.5 Å². The number of hydrogen-bond acceptors (Lipinski definition) is 6. The van der Waals surface area contributed by atoms with Crippen molar-refractivity contribution in [3.8, 4) is 0 Å². The second-order valence-electron chi connectivity index (χ2n) is 8.07. The second-order valence-corrected chi connectivity index (χ2v) is 9.14. The maximum Gasteiger partial charge on any atom is 0.327 e. The van der Waals surface area contributed by atoms with E-state index >= 15 is 0 Å². The molecule has 1 aromatic rings. The molecule has 0 spiro atoms. The lowest BCUT2D eigenvalue weighted by Crippen LogP contribution is -2.58. The average Bonchev–Trinajstić information content (AvgIpc) is 3.13. The molecule has 9 nitrogen and oxygen atoms in total. The molecule has 0 aliphatic carbocycles. The van der Waals surface area contributed by atoms with Gasteiger partial charge in [-0.15, -0.1) is 11.8 Å². The quantitative estimate of drug-likeness (QED) is 0.428. The van der Waals surface area contributed by atoms with Crippen LogP contribution in [0.15, 0.2) is 23.1 Å². The fourth-order valence-electron chi connectivity index (χ4n) is 3.95. The van der Waals surface area contributed by atoms with Crippen molar-refractivity contribution < 1.29 is 33.4 Å². The van der Waals surface area contributed by atoms with Crippen molar-refractivity contribution in [2.75, 3.05) is 30.5 Å². The summed E-state index contributed by atoms with van der Waals surface area (Å²) in [6, 6.07) is 2.54. The zero-order valence-corrected chi connectivity index (χ0v) is 19.3. The van der Waals surface area contributed by atoms with E-state index in [4.69, 9.17) is 4.74 Å². The number of amides is 3. The van der Waals surface area contributed by atoms with E-state index in [9.17, 15) is 28.7 Å². The average molecular weight is 482 g/mol. The van der Waals surface area contributed by atoms with Crippen molar-refractivity contribution in [3.05, 3.63) is 23.8 Å². The molecule has 0 saturated heterocycles. The number of carbonyl (C=O) groups excluding carboxylic acids is 3. The Kier molecular flexibility index (Phi) is 8.30. The highest BCUT2D eigenvalue weighted by molar-refractivity contribution is 7.99. The van der Waals surface area contributed by atoms with Gasteiger partial charge in [-0.25, -0.2) is 9.18 Å². The lowest BCUT2D eigenvalue weighted by Gasteiger charge is -2.28. The van der Waals surface area contributed by atoms with Gasteiger partial charge in [0, 0.05) is 17.1 Å². The SMILES string of the molecule is CC[C@H](C)[C@H](NC(=O)COCCF)C(=O)N[C@H]1CSc2cccc3c2N(C1=O)[C@H](C(=O)O)C3. The van der Waals surface area contributed by atoms with Crippen LogP contribution in [0.4, 0.5) is 10.1 Å². The third-order valence-electron chi connectivity index (χ3n) is 5.86. The first kappa shape index (κ1) is 25.0. The number of anilines is 1. The molecule has 4 atom stereocenters. The number of nitrogens with zero attached hydrogens (tertiary/aromatic N) is 1. The summed E-state index contributed by atoms with van der Waals surface area (Å²) >= 11 is 1.38. The van der Waals surface area contributed by atoms with Gasteiger partial charge in [0.15, 0.2) is 0 Å².